The first-order valence-electron chi connectivity index (χ1n) is 12.3. The third-order valence-electron chi connectivity index (χ3n) is 5.88. The van der Waals surface area contributed by atoms with Crippen LogP contribution in [0.3, 0.4) is 0 Å². The van der Waals surface area contributed by atoms with Crippen molar-refractivity contribution in [2.24, 2.45) is 0 Å². The Morgan fingerprint density at radius 1 is 0.759 bits per heavy atom. The Bertz CT molecular complexity index is 476. The van der Waals surface area contributed by atoms with E-state index in [4.69, 9.17) is 0 Å². The minimum absolute atomic E-state index is 0.571. The van der Waals surface area contributed by atoms with E-state index in [0.717, 1.165) is 12.8 Å². The molecule has 0 aliphatic carbocycles. The Kier molecular flexibility index (Phi) is 16.5. The van der Waals surface area contributed by atoms with Crippen molar-refractivity contribution in [3.05, 3.63) is 12.4 Å². The number of carboxylic acid groups (broad SMARTS) is 1. The molecule has 0 aliphatic rings. The molecule has 1 N–H and O–H groups in total. The Morgan fingerprint density at radius 3 is 1.52 bits per heavy atom. The number of aliphatic carboxylic acids is 1. The summed E-state index contributed by atoms with van der Waals surface area (Å²) in [5.41, 5.74) is 0. The van der Waals surface area contributed by atoms with Gasteiger partial charge in [-0.3, -0.25) is 0 Å². The molecule has 0 bridgehead atoms. The van der Waals surface area contributed by atoms with Gasteiger partial charge in [0.05, 0.1) is 6.20 Å². The smallest absolute Gasteiger partial charge is 0.328 e. The van der Waals surface area contributed by atoms with Crippen LogP contribution in [0, 0.1) is 0 Å². The number of hydrogen-bond donors (Lipinski definition) is 1. The molecule has 0 saturated heterocycles. The highest BCUT2D eigenvalue weighted by atomic mass is 16.4. The maximum atomic E-state index is 11.3. The lowest BCUT2D eigenvalue weighted by molar-refractivity contribution is -0.141. The highest BCUT2D eigenvalue weighted by Gasteiger charge is 2.19. The summed E-state index contributed by atoms with van der Waals surface area (Å²) in [5.74, 6) is -0.817. The maximum absolute atomic E-state index is 11.3. The number of carbonyl (C=O) groups is 1. The van der Waals surface area contributed by atoms with Gasteiger partial charge in [-0.1, -0.05) is 128 Å². The fourth-order valence-corrected chi connectivity index (χ4v) is 3.99. The Morgan fingerprint density at radius 2 is 1.17 bits per heavy atom. The average Bonchev–Trinajstić information content (AvgIpc) is 3.24. The molecule has 0 amide bonds. The van der Waals surface area contributed by atoms with Crippen LogP contribution in [-0.2, 0) is 4.79 Å². The molecule has 0 aromatic carbocycles. The second kappa shape index (κ2) is 18.6. The van der Waals surface area contributed by atoms with E-state index in [1.54, 1.807) is 6.20 Å². The Hall–Kier alpha value is -1.39. The van der Waals surface area contributed by atoms with Crippen molar-refractivity contribution in [1.82, 2.24) is 15.0 Å². The number of hydrogen-bond acceptors (Lipinski definition) is 3. The maximum Gasteiger partial charge on any atom is 0.328 e. The van der Waals surface area contributed by atoms with Crippen LogP contribution in [0.5, 0.6) is 0 Å². The van der Waals surface area contributed by atoms with Crippen LogP contribution in [0.1, 0.15) is 135 Å². The van der Waals surface area contributed by atoms with Crippen molar-refractivity contribution >= 4 is 5.97 Å². The van der Waals surface area contributed by atoms with Gasteiger partial charge in [0.1, 0.15) is 0 Å². The Balaban J connectivity index is 1.79. The van der Waals surface area contributed by atoms with Crippen molar-refractivity contribution in [3.63, 3.8) is 0 Å². The van der Waals surface area contributed by atoms with Gasteiger partial charge in [0.2, 0.25) is 0 Å². The van der Waals surface area contributed by atoms with Gasteiger partial charge in [0.15, 0.2) is 6.04 Å². The summed E-state index contributed by atoms with van der Waals surface area (Å²) in [7, 11) is 0. The monoisotopic (exact) mass is 407 g/mol. The number of unbranched alkanes of at least 4 members (excludes halogenated alkanes) is 17. The Labute approximate surface area is 178 Å². The number of carboxylic acids is 1. The topological polar surface area (TPSA) is 68.0 Å². The van der Waals surface area contributed by atoms with Gasteiger partial charge in [-0.2, -0.15) is 0 Å². The second-order valence-electron chi connectivity index (χ2n) is 8.54. The van der Waals surface area contributed by atoms with Gasteiger partial charge in [-0.05, 0) is 6.42 Å². The molecule has 0 spiro atoms. The lowest BCUT2D eigenvalue weighted by atomic mass is 10.0. The van der Waals surface area contributed by atoms with Crippen LogP contribution in [0.25, 0.3) is 0 Å². The summed E-state index contributed by atoms with van der Waals surface area (Å²) in [6.45, 7) is 2.28. The zero-order chi connectivity index (χ0) is 21.0. The van der Waals surface area contributed by atoms with Crippen LogP contribution in [0.15, 0.2) is 12.4 Å². The molecule has 0 radical (unpaired) electrons. The second-order valence-corrected chi connectivity index (χ2v) is 8.54. The largest absolute Gasteiger partial charge is 0.480 e. The normalized spacial score (nSPS) is 12.3. The molecule has 1 unspecified atom stereocenters. The van der Waals surface area contributed by atoms with Gasteiger partial charge >= 0.3 is 5.97 Å². The van der Waals surface area contributed by atoms with E-state index in [-0.39, 0.29) is 0 Å². The summed E-state index contributed by atoms with van der Waals surface area (Å²) in [5, 5.41) is 16.8. The first-order valence-corrected chi connectivity index (χ1v) is 12.3. The van der Waals surface area contributed by atoms with Crippen LogP contribution >= 0.6 is 0 Å². The molecule has 0 fully saturated rings. The quantitative estimate of drug-likeness (QED) is 0.216. The predicted octanol–water partition coefficient (Wildman–Crippen LogP) is 7.34. The summed E-state index contributed by atoms with van der Waals surface area (Å²) < 4.78 is 1.45. The first-order chi connectivity index (χ1) is 14.3. The van der Waals surface area contributed by atoms with Gasteiger partial charge < -0.3 is 5.11 Å². The molecule has 0 saturated carbocycles. The van der Waals surface area contributed by atoms with Crippen molar-refractivity contribution in [2.45, 2.75) is 135 Å². The fraction of sp³-hybridized carbons (Fsp3) is 0.875. The molecule has 0 aliphatic heterocycles. The van der Waals surface area contributed by atoms with Crippen LogP contribution in [0.2, 0.25) is 0 Å². The molecule has 1 rings (SSSR count). The van der Waals surface area contributed by atoms with Gasteiger partial charge in [-0.15, -0.1) is 5.10 Å². The molecule has 1 aromatic heterocycles. The third kappa shape index (κ3) is 14.3. The minimum atomic E-state index is -0.817. The first kappa shape index (κ1) is 25.6. The van der Waals surface area contributed by atoms with E-state index in [0.29, 0.717) is 6.42 Å². The number of aromatic nitrogens is 3. The summed E-state index contributed by atoms with van der Waals surface area (Å²) >= 11 is 0. The molecule has 168 valence electrons. The van der Waals surface area contributed by atoms with E-state index in [9.17, 15) is 9.90 Å². The lowest BCUT2D eigenvalue weighted by Gasteiger charge is -2.11. The lowest BCUT2D eigenvalue weighted by Crippen LogP contribution is -2.19. The molecular formula is C24H45N3O2. The van der Waals surface area contributed by atoms with Crippen molar-refractivity contribution in [2.75, 3.05) is 0 Å². The molecule has 1 atom stereocenters. The standard InChI is InChI=1S/C24H45N3O2/c1-2-3-4-5-6-7-8-9-10-11-12-13-14-15-16-17-18-19-20-23(24(28)29)27-22-21-25-26-27/h21-23H,2-20H2,1H3,(H,28,29). The molecule has 5 nitrogen and oxygen atoms in total. The van der Waals surface area contributed by atoms with E-state index < -0.39 is 12.0 Å². The van der Waals surface area contributed by atoms with Gasteiger partial charge in [-0.25, -0.2) is 9.48 Å². The van der Waals surface area contributed by atoms with E-state index >= 15 is 0 Å². The van der Waals surface area contributed by atoms with E-state index in [1.807, 2.05) is 0 Å². The molecule has 1 heterocycles. The van der Waals surface area contributed by atoms with Crippen molar-refractivity contribution in [1.29, 1.82) is 0 Å². The summed E-state index contributed by atoms with van der Waals surface area (Å²) in [6.07, 6.45) is 28.0. The van der Waals surface area contributed by atoms with Crippen molar-refractivity contribution < 1.29 is 9.90 Å². The molecule has 29 heavy (non-hydrogen) atoms. The predicted molar refractivity (Wildman–Crippen MR) is 120 cm³/mol. The number of rotatable bonds is 21. The fourth-order valence-electron chi connectivity index (χ4n) is 3.99. The van der Waals surface area contributed by atoms with Crippen molar-refractivity contribution in [3.8, 4) is 0 Å². The zero-order valence-electron chi connectivity index (χ0n) is 18.9. The highest BCUT2D eigenvalue weighted by Crippen LogP contribution is 2.17. The van der Waals surface area contributed by atoms with Crippen LogP contribution in [0.4, 0.5) is 0 Å². The van der Waals surface area contributed by atoms with E-state index in [2.05, 4.69) is 17.2 Å². The summed E-state index contributed by atoms with van der Waals surface area (Å²) in [4.78, 5) is 11.3. The SMILES string of the molecule is CCCCCCCCCCCCCCCCCCCCC(C(=O)O)n1ccnn1. The summed E-state index contributed by atoms with van der Waals surface area (Å²) in [6, 6.07) is -0.571. The van der Waals surface area contributed by atoms with Crippen LogP contribution < -0.4 is 0 Å². The van der Waals surface area contributed by atoms with Crippen LogP contribution in [-0.4, -0.2) is 26.1 Å². The molecule has 1 aromatic rings. The zero-order valence-corrected chi connectivity index (χ0v) is 18.9. The number of nitrogens with zero attached hydrogens (tertiary/aromatic N) is 3. The van der Waals surface area contributed by atoms with E-state index in [1.165, 1.54) is 114 Å². The van der Waals surface area contributed by atoms with Gasteiger partial charge in [0, 0.05) is 6.20 Å². The molecule has 5 heteroatoms. The highest BCUT2D eigenvalue weighted by molar-refractivity contribution is 5.71. The van der Waals surface area contributed by atoms with Gasteiger partial charge in [0.25, 0.3) is 0 Å². The third-order valence-corrected chi connectivity index (χ3v) is 5.88. The minimum Gasteiger partial charge on any atom is -0.480 e. The molecular weight excluding hydrogens is 362 g/mol. The average molecular weight is 408 g/mol.